The second-order valence-corrected chi connectivity index (χ2v) is 4.63. The van der Waals surface area contributed by atoms with Gasteiger partial charge in [-0.05, 0) is 19.8 Å². The van der Waals surface area contributed by atoms with Crippen LogP contribution in [0.2, 0.25) is 0 Å². The molecule has 1 rings (SSSR count). The number of nitrogens with zero attached hydrogens (tertiary/aromatic N) is 2. The second kappa shape index (κ2) is 5.89. The molecule has 3 amide bonds. The lowest BCUT2D eigenvalue weighted by molar-refractivity contribution is -0.129. The van der Waals surface area contributed by atoms with Crippen molar-refractivity contribution in [2.75, 3.05) is 26.2 Å². The summed E-state index contributed by atoms with van der Waals surface area (Å²) in [5.41, 5.74) is 0. The minimum atomic E-state index is -0.336. The van der Waals surface area contributed by atoms with E-state index in [2.05, 4.69) is 5.32 Å². The molecule has 98 valence electrons. The number of rotatable bonds is 3. The first-order valence-corrected chi connectivity index (χ1v) is 6.36. The van der Waals surface area contributed by atoms with Gasteiger partial charge in [-0.2, -0.15) is 0 Å². The van der Waals surface area contributed by atoms with Crippen molar-refractivity contribution < 1.29 is 9.59 Å². The minimum absolute atomic E-state index is 0.0245. The molecule has 1 unspecified atom stereocenters. The molecule has 1 atom stereocenters. The van der Waals surface area contributed by atoms with Crippen LogP contribution in [0.25, 0.3) is 0 Å². The van der Waals surface area contributed by atoms with Crippen molar-refractivity contribution in [3.05, 3.63) is 0 Å². The topological polar surface area (TPSA) is 52.7 Å². The zero-order valence-corrected chi connectivity index (χ0v) is 11.2. The lowest BCUT2D eigenvalue weighted by Crippen LogP contribution is -2.61. The molecule has 0 aromatic carbocycles. The van der Waals surface area contributed by atoms with Crippen LogP contribution in [0.1, 0.15) is 27.7 Å². The van der Waals surface area contributed by atoms with Gasteiger partial charge in [-0.25, -0.2) is 4.79 Å². The van der Waals surface area contributed by atoms with Crippen molar-refractivity contribution in [3.63, 3.8) is 0 Å². The van der Waals surface area contributed by atoms with Gasteiger partial charge < -0.3 is 15.1 Å². The molecule has 0 aromatic heterocycles. The number of amides is 3. The van der Waals surface area contributed by atoms with Crippen LogP contribution >= 0.6 is 0 Å². The van der Waals surface area contributed by atoms with E-state index in [1.807, 2.05) is 27.7 Å². The van der Waals surface area contributed by atoms with E-state index in [1.54, 1.807) is 9.80 Å². The second-order valence-electron chi connectivity index (χ2n) is 4.63. The maximum absolute atomic E-state index is 12.3. The third-order valence-corrected chi connectivity index (χ3v) is 3.17. The third-order valence-electron chi connectivity index (χ3n) is 3.17. The van der Waals surface area contributed by atoms with Crippen LogP contribution in [0.3, 0.4) is 0 Å². The highest BCUT2D eigenvalue weighted by molar-refractivity contribution is 5.88. The minimum Gasteiger partial charge on any atom is -0.353 e. The first kappa shape index (κ1) is 13.8. The molecule has 0 spiro atoms. The van der Waals surface area contributed by atoms with Gasteiger partial charge in [-0.1, -0.05) is 13.8 Å². The molecule has 1 aliphatic rings. The molecule has 17 heavy (non-hydrogen) atoms. The normalized spacial score (nSPS) is 20.4. The number of hydrogen-bond donors (Lipinski definition) is 1. The van der Waals surface area contributed by atoms with Crippen molar-refractivity contribution in [1.82, 2.24) is 15.1 Å². The highest BCUT2D eigenvalue weighted by Crippen LogP contribution is 2.16. The maximum atomic E-state index is 12.3. The summed E-state index contributed by atoms with van der Waals surface area (Å²) in [7, 11) is 0. The van der Waals surface area contributed by atoms with Crippen LogP contribution in [0.15, 0.2) is 0 Å². The van der Waals surface area contributed by atoms with Gasteiger partial charge in [0, 0.05) is 26.2 Å². The van der Waals surface area contributed by atoms with Crippen molar-refractivity contribution in [1.29, 1.82) is 0 Å². The fourth-order valence-corrected chi connectivity index (χ4v) is 2.24. The Morgan fingerprint density at radius 3 is 2.53 bits per heavy atom. The fraction of sp³-hybridized carbons (Fsp3) is 0.833. The number of urea groups is 1. The van der Waals surface area contributed by atoms with Gasteiger partial charge in [0.05, 0.1) is 0 Å². The lowest BCUT2D eigenvalue weighted by Gasteiger charge is -2.39. The van der Waals surface area contributed by atoms with Gasteiger partial charge in [-0.3, -0.25) is 4.79 Å². The highest BCUT2D eigenvalue weighted by atomic mass is 16.2. The molecule has 1 saturated heterocycles. The number of nitrogens with one attached hydrogen (secondary N) is 1. The van der Waals surface area contributed by atoms with Gasteiger partial charge in [0.15, 0.2) is 0 Å². The molecular formula is C12H23N3O2. The number of piperazine rings is 1. The van der Waals surface area contributed by atoms with Gasteiger partial charge in [0.1, 0.15) is 6.04 Å². The Balaban J connectivity index is 2.85. The van der Waals surface area contributed by atoms with Gasteiger partial charge in [-0.15, -0.1) is 0 Å². The predicted octanol–water partition coefficient (Wildman–Crippen LogP) is 0.905. The molecule has 0 bridgehead atoms. The third kappa shape index (κ3) is 2.90. The predicted molar refractivity (Wildman–Crippen MR) is 66.7 cm³/mol. The van der Waals surface area contributed by atoms with E-state index in [4.69, 9.17) is 0 Å². The molecule has 1 heterocycles. The van der Waals surface area contributed by atoms with Crippen LogP contribution in [0.5, 0.6) is 0 Å². The van der Waals surface area contributed by atoms with E-state index < -0.39 is 0 Å². The van der Waals surface area contributed by atoms with E-state index in [9.17, 15) is 9.59 Å². The van der Waals surface area contributed by atoms with Crippen molar-refractivity contribution in [3.8, 4) is 0 Å². The number of carbonyl (C=O) groups excluding carboxylic acids is 2. The van der Waals surface area contributed by atoms with Crippen LogP contribution < -0.4 is 5.32 Å². The van der Waals surface area contributed by atoms with Crippen LogP contribution in [0.4, 0.5) is 4.79 Å². The smallest absolute Gasteiger partial charge is 0.320 e. The Labute approximate surface area is 103 Å². The quantitative estimate of drug-likeness (QED) is 0.798. The Hall–Kier alpha value is -1.26. The largest absolute Gasteiger partial charge is 0.353 e. The molecule has 1 fully saturated rings. The SMILES string of the molecule is CCN(CC)C(=O)N1CCNC(=O)C1C(C)C. The van der Waals surface area contributed by atoms with E-state index in [1.165, 1.54) is 0 Å². The standard InChI is InChI=1S/C12H23N3O2/c1-5-14(6-2)12(17)15-8-7-13-11(16)10(15)9(3)4/h9-10H,5-8H2,1-4H3,(H,13,16). The summed E-state index contributed by atoms with van der Waals surface area (Å²) in [6.07, 6.45) is 0. The molecule has 0 radical (unpaired) electrons. The summed E-state index contributed by atoms with van der Waals surface area (Å²) in [6.45, 7) is 10.4. The van der Waals surface area contributed by atoms with E-state index in [0.717, 1.165) is 0 Å². The highest BCUT2D eigenvalue weighted by Gasteiger charge is 2.36. The summed E-state index contributed by atoms with van der Waals surface area (Å²) >= 11 is 0. The van der Waals surface area contributed by atoms with Crippen molar-refractivity contribution in [2.24, 2.45) is 5.92 Å². The van der Waals surface area contributed by atoms with Crippen LogP contribution in [0, 0.1) is 5.92 Å². The molecule has 5 nitrogen and oxygen atoms in total. The van der Waals surface area contributed by atoms with E-state index in [-0.39, 0.29) is 23.9 Å². The summed E-state index contributed by atoms with van der Waals surface area (Å²) in [4.78, 5) is 27.6. The average Bonchev–Trinajstić information content (AvgIpc) is 2.29. The summed E-state index contributed by atoms with van der Waals surface area (Å²) in [6, 6.07) is -0.361. The molecule has 1 N–H and O–H groups in total. The fourth-order valence-electron chi connectivity index (χ4n) is 2.24. The van der Waals surface area contributed by atoms with Crippen LogP contribution in [-0.4, -0.2) is 54.0 Å². The molecule has 1 aliphatic heterocycles. The Kier molecular flexibility index (Phi) is 4.78. The monoisotopic (exact) mass is 241 g/mol. The Bertz CT molecular complexity index is 287. The average molecular weight is 241 g/mol. The molecule has 0 saturated carbocycles. The number of carbonyl (C=O) groups is 2. The zero-order valence-electron chi connectivity index (χ0n) is 11.2. The van der Waals surface area contributed by atoms with Gasteiger partial charge >= 0.3 is 6.03 Å². The molecule has 5 heteroatoms. The Morgan fingerprint density at radius 2 is 2.06 bits per heavy atom. The molecule has 0 aromatic rings. The summed E-state index contributed by atoms with van der Waals surface area (Å²) in [5, 5.41) is 2.82. The van der Waals surface area contributed by atoms with E-state index in [0.29, 0.717) is 26.2 Å². The van der Waals surface area contributed by atoms with Crippen molar-refractivity contribution in [2.45, 2.75) is 33.7 Å². The molecule has 0 aliphatic carbocycles. The lowest BCUT2D eigenvalue weighted by atomic mass is 10.00. The van der Waals surface area contributed by atoms with Gasteiger partial charge in [0.25, 0.3) is 0 Å². The van der Waals surface area contributed by atoms with Crippen LogP contribution in [-0.2, 0) is 4.79 Å². The zero-order chi connectivity index (χ0) is 13.0. The Morgan fingerprint density at radius 1 is 1.47 bits per heavy atom. The number of hydrogen-bond acceptors (Lipinski definition) is 2. The van der Waals surface area contributed by atoms with Crippen molar-refractivity contribution >= 4 is 11.9 Å². The first-order valence-electron chi connectivity index (χ1n) is 6.36. The van der Waals surface area contributed by atoms with Gasteiger partial charge in [0.2, 0.25) is 5.91 Å². The summed E-state index contributed by atoms with van der Waals surface area (Å²) in [5.74, 6) is 0.0987. The maximum Gasteiger partial charge on any atom is 0.320 e. The summed E-state index contributed by atoms with van der Waals surface area (Å²) < 4.78 is 0. The van der Waals surface area contributed by atoms with E-state index >= 15 is 0 Å². The first-order chi connectivity index (χ1) is 8.02. The molecular weight excluding hydrogens is 218 g/mol.